The van der Waals surface area contributed by atoms with Gasteiger partial charge in [0.15, 0.2) is 11.5 Å². The number of hydrogen-bond acceptors (Lipinski definition) is 5. The largest absolute Gasteiger partial charge is 0.497 e. The second-order valence-electron chi connectivity index (χ2n) is 5.89. The lowest BCUT2D eigenvalue weighted by molar-refractivity contribution is 0.0963. The van der Waals surface area contributed by atoms with Crippen molar-refractivity contribution in [2.24, 2.45) is 0 Å². The zero-order chi connectivity index (χ0) is 17.1. The molecule has 120 valence electrons. The van der Waals surface area contributed by atoms with Crippen LogP contribution in [0.3, 0.4) is 0 Å². The average molecular weight is 329 g/mol. The number of ether oxygens (including phenoxy) is 1. The highest BCUT2D eigenvalue weighted by Gasteiger charge is 2.36. The molecule has 0 fully saturated rings. The van der Waals surface area contributed by atoms with Crippen molar-refractivity contribution in [3.8, 4) is 5.75 Å². The summed E-state index contributed by atoms with van der Waals surface area (Å²) in [5.41, 5.74) is 2.10. The number of hydrogen-bond donors (Lipinski definition) is 0. The van der Waals surface area contributed by atoms with E-state index in [0.717, 1.165) is 0 Å². The van der Waals surface area contributed by atoms with Gasteiger partial charge in [0, 0.05) is 22.5 Å². The molecule has 5 heteroatoms. The van der Waals surface area contributed by atoms with E-state index < -0.39 is 0 Å². The third-order valence-corrected chi connectivity index (χ3v) is 4.58. The van der Waals surface area contributed by atoms with Gasteiger partial charge >= 0.3 is 0 Å². The van der Waals surface area contributed by atoms with Crippen LogP contribution in [0, 0.1) is 0 Å². The van der Waals surface area contributed by atoms with Gasteiger partial charge < -0.3 is 9.15 Å². The lowest BCUT2D eigenvalue weighted by atomic mass is 9.86. The highest BCUT2D eigenvalue weighted by Crippen LogP contribution is 2.38. The van der Waals surface area contributed by atoms with Gasteiger partial charge in [-0.15, -0.1) is 0 Å². The molecule has 0 amide bonds. The van der Waals surface area contributed by atoms with Crippen LogP contribution >= 0.6 is 0 Å². The van der Waals surface area contributed by atoms with Gasteiger partial charge in [0.2, 0.25) is 5.78 Å². The maximum atomic E-state index is 13.1. The number of para-hydroxylation sites is 1. The Balaban J connectivity index is 1.87. The van der Waals surface area contributed by atoms with Gasteiger partial charge in [-0.25, -0.2) is 0 Å². The maximum Gasteiger partial charge on any atom is 0.230 e. The topological polar surface area (TPSA) is 69.4 Å². The molecule has 0 unspecified atom stereocenters. The lowest BCUT2D eigenvalue weighted by Gasteiger charge is -2.15. The van der Waals surface area contributed by atoms with E-state index in [1.165, 1.54) is 6.20 Å². The number of aromatic nitrogens is 1. The summed E-state index contributed by atoms with van der Waals surface area (Å²) in [7, 11) is 1.55. The second-order valence-corrected chi connectivity index (χ2v) is 5.89. The molecule has 0 saturated heterocycles. The first-order valence-electron chi connectivity index (χ1n) is 7.76. The van der Waals surface area contributed by atoms with Gasteiger partial charge in [0.1, 0.15) is 11.3 Å². The van der Waals surface area contributed by atoms with E-state index in [-0.39, 0.29) is 22.9 Å². The van der Waals surface area contributed by atoms with Gasteiger partial charge in [-0.2, -0.15) is 0 Å². The fourth-order valence-corrected chi connectivity index (χ4v) is 3.40. The third-order valence-electron chi connectivity index (χ3n) is 4.58. The van der Waals surface area contributed by atoms with E-state index in [0.29, 0.717) is 38.7 Å². The summed E-state index contributed by atoms with van der Waals surface area (Å²) >= 11 is 0. The number of carbonyl (C=O) groups is 2. The molecule has 0 N–H and O–H groups in total. The molecule has 0 aliphatic heterocycles. The summed E-state index contributed by atoms with van der Waals surface area (Å²) in [5, 5.41) is 1.23. The maximum absolute atomic E-state index is 13.1. The average Bonchev–Trinajstić information content (AvgIpc) is 3.04. The van der Waals surface area contributed by atoms with Crippen molar-refractivity contribution >= 4 is 33.4 Å². The van der Waals surface area contributed by atoms with Crippen molar-refractivity contribution in [1.29, 1.82) is 0 Å². The van der Waals surface area contributed by atoms with E-state index >= 15 is 0 Å². The molecule has 0 atom stereocenters. The van der Waals surface area contributed by atoms with E-state index in [1.54, 1.807) is 31.4 Å². The molecule has 5 rings (SSSR count). The SMILES string of the molecule is COc1ccc2oc3c(c2c1)C(=O)c1cnc2ccccc2c1C3=O. The first-order chi connectivity index (χ1) is 12.2. The normalized spacial score (nSPS) is 13.2. The van der Waals surface area contributed by atoms with Crippen LogP contribution in [0.4, 0.5) is 0 Å². The minimum atomic E-state index is -0.293. The summed E-state index contributed by atoms with van der Waals surface area (Å²) in [6, 6.07) is 12.4. The van der Waals surface area contributed by atoms with Crippen LogP contribution in [0.25, 0.3) is 21.9 Å². The molecule has 1 aliphatic carbocycles. The van der Waals surface area contributed by atoms with Crippen LogP contribution in [-0.2, 0) is 0 Å². The van der Waals surface area contributed by atoms with Gasteiger partial charge in [-0.3, -0.25) is 14.6 Å². The zero-order valence-electron chi connectivity index (χ0n) is 13.2. The smallest absolute Gasteiger partial charge is 0.230 e. The van der Waals surface area contributed by atoms with Crippen LogP contribution < -0.4 is 4.74 Å². The summed E-state index contributed by atoms with van der Waals surface area (Å²) in [6.45, 7) is 0. The molecule has 0 bridgehead atoms. The van der Waals surface area contributed by atoms with Crippen LogP contribution in [0.2, 0.25) is 0 Å². The van der Waals surface area contributed by atoms with E-state index in [4.69, 9.17) is 9.15 Å². The summed E-state index contributed by atoms with van der Waals surface area (Å²) in [4.78, 5) is 30.5. The van der Waals surface area contributed by atoms with Gasteiger partial charge in [0.05, 0.1) is 23.8 Å². The number of furan rings is 1. The van der Waals surface area contributed by atoms with E-state index in [9.17, 15) is 9.59 Å². The number of benzene rings is 2. The highest BCUT2D eigenvalue weighted by molar-refractivity contribution is 6.34. The molecule has 5 nitrogen and oxygen atoms in total. The first-order valence-corrected chi connectivity index (χ1v) is 7.76. The van der Waals surface area contributed by atoms with Crippen LogP contribution in [0.1, 0.15) is 32.0 Å². The predicted molar refractivity (Wildman–Crippen MR) is 91.4 cm³/mol. The molecule has 0 radical (unpaired) electrons. The fourth-order valence-electron chi connectivity index (χ4n) is 3.40. The summed E-state index contributed by atoms with van der Waals surface area (Å²) in [6.07, 6.45) is 1.47. The third kappa shape index (κ3) is 1.75. The Morgan fingerprint density at radius 1 is 0.960 bits per heavy atom. The molecular weight excluding hydrogens is 318 g/mol. The number of fused-ring (bicyclic) bond motifs is 6. The zero-order valence-corrected chi connectivity index (χ0v) is 13.2. The number of pyridine rings is 1. The quantitative estimate of drug-likeness (QED) is 0.468. The Bertz CT molecular complexity index is 1220. The van der Waals surface area contributed by atoms with Crippen molar-refractivity contribution in [3.05, 3.63) is 71.1 Å². The fraction of sp³-hybridized carbons (Fsp3) is 0.0500. The summed E-state index contributed by atoms with van der Waals surface area (Å²) < 4.78 is 11.0. The lowest BCUT2D eigenvalue weighted by Crippen LogP contribution is -2.20. The minimum absolute atomic E-state index is 0.0807. The standard InChI is InChI=1S/C20H11NO4/c1-24-10-6-7-15-12(8-10)17-18(22)13-9-21-14-5-3-2-4-11(14)16(13)19(23)20(17)25-15/h2-9H,1H3. The Hall–Kier alpha value is -3.47. The van der Waals surface area contributed by atoms with Gasteiger partial charge in [0.25, 0.3) is 0 Å². The molecule has 25 heavy (non-hydrogen) atoms. The number of methoxy groups -OCH3 is 1. The minimum Gasteiger partial charge on any atom is -0.497 e. The van der Waals surface area contributed by atoms with Crippen molar-refractivity contribution < 1.29 is 18.7 Å². The molecular formula is C20H11NO4. The monoisotopic (exact) mass is 329 g/mol. The van der Waals surface area contributed by atoms with Gasteiger partial charge in [-0.1, -0.05) is 18.2 Å². The van der Waals surface area contributed by atoms with Crippen LogP contribution in [0.15, 0.2) is 53.1 Å². The number of carbonyl (C=O) groups excluding carboxylic acids is 2. The number of nitrogens with zero attached hydrogens (tertiary/aromatic N) is 1. The Morgan fingerprint density at radius 2 is 1.80 bits per heavy atom. The first kappa shape index (κ1) is 13.9. The molecule has 2 aromatic carbocycles. The highest BCUT2D eigenvalue weighted by atomic mass is 16.5. The summed E-state index contributed by atoms with van der Waals surface area (Å²) in [5.74, 6) is 0.129. The Morgan fingerprint density at radius 3 is 2.64 bits per heavy atom. The van der Waals surface area contributed by atoms with Crippen molar-refractivity contribution in [1.82, 2.24) is 4.98 Å². The van der Waals surface area contributed by atoms with E-state index in [2.05, 4.69) is 4.98 Å². The van der Waals surface area contributed by atoms with E-state index in [1.807, 2.05) is 18.2 Å². The Labute approximate surface area is 141 Å². The number of rotatable bonds is 1. The molecule has 1 aliphatic rings. The number of ketones is 2. The van der Waals surface area contributed by atoms with Crippen molar-refractivity contribution in [2.45, 2.75) is 0 Å². The molecule has 4 aromatic rings. The van der Waals surface area contributed by atoms with Crippen LogP contribution in [-0.4, -0.2) is 23.7 Å². The molecule has 0 saturated carbocycles. The van der Waals surface area contributed by atoms with Gasteiger partial charge in [-0.05, 0) is 24.3 Å². The van der Waals surface area contributed by atoms with Crippen molar-refractivity contribution in [2.75, 3.05) is 7.11 Å². The molecule has 2 heterocycles. The molecule has 0 spiro atoms. The Kier molecular flexibility index (Phi) is 2.65. The second kappa shape index (κ2) is 4.77. The molecule has 2 aromatic heterocycles. The predicted octanol–water partition coefficient (Wildman–Crippen LogP) is 3.77. The van der Waals surface area contributed by atoms with Crippen molar-refractivity contribution in [3.63, 3.8) is 0 Å². The van der Waals surface area contributed by atoms with Crippen LogP contribution in [0.5, 0.6) is 5.75 Å².